The van der Waals surface area contributed by atoms with Gasteiger partial charge in [0.25, 0.3) is 11.7 Å². The van der Waals surface area contributed by atoms with E-state index in [-0.39, 0.29) is 24.5 Å². The van der Waals surface area contributed by atoms with Crippen LogP contribution in [0.3, 0.4) is 0 Å². The number of rotatable bonds is 9. The van der Waals surface area contributed by atoms with Gasteiger partial charge in [-0.2, -0.15) is 0 Å². The van der Waals surface area contributed by atoms with Crippen LogP contribution in [0, 0.1) is 0 Å². The molecule has 1 heterocycles. The zero-order valence-corrected chi connectivity index (χ0v) is 18.6. The lowest BCUT2D eigenvalue weighted by Crippen LogP contribution is -2.32. The summed E-state index contributed by atoms with van der Waals surface area (Å²) in [5.41, 5.74) is 1.01. The van der Waals surface area contributed by atoms with Gasteiger partial charge in [-0.1, -0.05) is 6.07 Å². The summed E-state index contributed by atoms with van der Waals surface area (Å²) in [6.07, 6.45) is 0. The lowest BCUT2D eigenvalue weighted by molar-refractivity contribution is -0.140. The summed E-state index contributed by atoms with van der Waals surface area (Å²) < 4.78 is 21.3. The summed E-state index contributed by atoms with van der Waals surface area (Å²) in [5, 5.41) is 11.1. The van der Waals surface area contributed by atoms with Crippen LogP contribution in [0.15, 0.2) is 48.0 Å². The van der Waals surface area contributed by atoms with Gasteiger partial charge in [-0.05, 0) is 48.9 Å². The number of Topliss-reactive ketones (excluding diaryl/α,β-unsaturated/α-hetero) is 1. The van der Waals surface area contributed by atoms with Crippen molar-refractivity contribution in [1.29, 1.82) is 0 Å². The third kappa shape index (κ3) is 4.40. The summed E-state index contributed by atoms with van der Waals surface area (Å²) >= 11 is 0. The first-order valence-electron chi connectivity index (χ1n) is 10.2. The van der Waals surface area contributed by atoms with Crippen LogP contribution in [0.25, 0.3) is 5.76 Å². The maximum atomic E-state index is 13.0. The number of nitrogens with zero attached hydrogens (tertiary/aromatic N) is 1. The van der Waals surface area contributed by atoms with Crippen molar-refractivity contribution < 1.29 is 33.6 Å². The third-order valence-corrected chi connectivity index (χ3v) is 5.24. The third-order valence-electron chi connectivity index (χ3n) is 5.24. The summed E-state index contributed by atoms with van der Waals surface area (Å²) in [6, 6.07) is 11.0. The van der Waals surface area contributed by atoms with Crippen molar-refractivity contribution in [2.24, 2.45) is 0 Å². The number of benzene rings is 2. The zero-order valence-electron chi connectivity index (χ0n) is 18.6. The number of likely N-dealkylation sites (tertiary alicyclic amines) is 1. The van der Waals surface area contributed by atoms with Crippen LogP contribution in [0.4, 0.5) is 0 Å². The maximum absolute atomic E-state index is 13.0. The van der Waals surface area contributed by atoms with Crippen molar-refractivity contribution in [3.63, 3.8) is 0 Å². The number of ether oxygens (including phenoxy) is 4. The van der Waals surface area contributed by atoms with Crippen molar-refractivity contribution in [2.75, 3.05) is 41.1 Å². The largest absolute Gasteiger partial charge is 0.507 e. The molecule has 1 atom stereocenters. The fourth-order valence-electron chi connectivity index (χ4n) is 3.68. The Labute approximate surface area is 187 Å². The molecule has 170 valence electrons. The Hall–Kier alpha value is -3.52. The SMILES string of the molecule is CCOc1ccc([C@H]2C(=C(O)c3ccc(OC)cc3)C(=O)C(=O)N2CCOC)cc1OC. The molecule has 0 aliphatic carbocycles. The first-order valence-corrected chi connectivity index (χ1v) is 10.2. The smallest absolute Gasteiger partial charge is 0.295 e. The number of carbonyl (C=O) groups is 2. The van der Waals surface area contributed by atoms with Crippen molar-refractivity contribution in [3.8, 4) is 17.2 Å². The summed E-state index contributed by atoms with van der Waals surface area (Å²) in [7, 11) is 4.57. The van der Waals surface area contributed by atoms with E-state index in [1.807, 2.05) is 6.92 Å². The van der Waals surface area contributed by atoms with E-state index in [4.69, 9.17) is 18.9 Å². The topological polar surface area (TPSA) is 94.5 Å². The Balaban J connectivity index is 2.15. The zero-order chi connectivity index (χ0) is 23.3. The van der Waals surface area contributed by atoms with Crippen molar-refractivity contribution >= 4 is 17.4 Å². The summed E-state index contributed by atoms with van der Waals surface area (Å²) in [4.78, 5) is 27.3. The average Bonchev–Trinajstić information content (AvgIpc) is 3.07. The maximum Gasteiger partial charge on any atom is 0.295 e. The normalized spacial score (nSPS) is 17.5. The minimum Gasteiger partial charge on any atom is -0.507 e. The minimum absolute atomic E-state index is 0.00230. The molecule has 1 saturated heterocycles. The van der Waals surface area contributed by atoms with E-state index in [2.05, 4.69) is 0 Å². The standard InChI is InChI=1S/C24H27NO7/c1-5-32-18-11-8-16(14-19(18)31-4)21-20(23(27)24(28)25(21)12-13-29-2)22(26)15-6-9-17(30-3)10-7-15/h6-11,14,21,26H,5,12-13H2,1-4H3/t21-/m0/s1. The van der Waals surface area contributed by atoms with Gasteiger partial charge in [0, 0.05) is 19.2 Å². The molecule has 1 aliphatic rings. The molecule has 0 spiro atoms. The molecular formula is C24H27NO7. The highest BCUT2D eigenvalue weighted by Gasteiger charge is 2.46. The van der Waals surface area contributed by atoms with Crippen LogP contribution in [0.5, 0.6) is 17.2 Å². The first-order chi connectivity index (χ1) is 15.5. The minimum atomic E-state index is -0.808. The lowest BCUT2D eigenvalue weighted by atomic mass is 9.95. The highest BCUT2D eigenvalue weighted by molar-refractivity contribution is 6.46. The van der Waals surface area contributed by atoms with Gasteiger partial charge in [0.1, 0.15) is 11.5 Å². The number of hydrogen-bond donors (Lipinski definition) is 1. The lowest BCUT2D eigenvalue weighted by Gasteiger charge is -2.25. The van der Waals surface area contributed by atoms with Crippen molar-refractivity contribution in [2.45, 2.75) is 13.0 Å². The molecule has 3 rings (SSSR count). The van der Waals surface area contributed by atoms with Gasteiger partial charge in [-0.25, -0.2) is 0 Å². The second-order valence-corrected chi connectivity index (χ2v) is 7.06. The van der Waals surface area contributed by atoms with E-state index >= 15 is 0 Å². The second kappa shape index (κ2) is 10.2. The fraction of sp³-hybridized carbons (Fsp3) is 0.333. The quantitative estimate of drug-likeness (QED) is 0.363. The first kappa shape index (κ1) is 23.1. The van der Waals surface area contributed by atoms with E-state index < -0.39 is 17.7 Å². The van der Waals surface area contributed by atoms with E-state index in [0.717, 1.165) is 0 Å². The van der Waals surface area contributed by atoms with Crippen molar-refractivity contribution in [3.05, 3.63) is 59.2 Å². The molecular weight excluding hydrogens is 414 g/mol. The molecule has 0 radical (unpaired) electrons. The van der Waals surface area contributed by atoms with Crippen LogP contribution in [0.2, 0.25) is 0 Å². The Morgan fingerprint density at radius 3 is 2.31 bits per heavy atom. The molecule has 8 nitrogen and oxygen atoms in total. The molecule has 2 aromatic rings. The monoisotopic (exact) mass is 441 g/mol. The molecule has 0 saturated carbocycles. The van der Waals surface area contributed by atoms with Gasteiger partial charge in [-0.3, -0.25) is 9.59 Å². The highest BCUT2D eigenvalue weighted by atomic mass is 16.5. The Kier molecular flexibility index (Phi) is 7.37. The predicted molar refractivity (Wildman–Crippen MR) is 118 cm³/mol. The summed E-state index contributed by atoms with van der Waals surface area (Å²) in [6.45, 7) is 2.74. The Bertz CT molecular complexity index is 1010. The Morgan fingerprint density at radius 2 is 1.72 bits per heavy atom. The molecule has 0 unspecified atom stereocenters. The van der Waals surface area contributed by atoms with Crippen LogP contribution in [-0.4, -0.2) is 62.8 Å². The highest BCUT2D eigenvalue weighted by Crippen LogP contribution is 2.42. The van der Waals surface area contributed by atoms with Gasteiger partial charge in [0.05, 0.1) is 39.0 Å². The molecule has 1 aliphatic heterocycles. The molecule has 2 aromatic carbocycles. The number of aliphatic hydroxyl groups excluding tert-OH is 1. The number of methoxy groups -OCH3 is 3. The van der Waals surface area contributed by atoms with Gasteiger partial charge >= 0.3 is 0 Å². The fourth-order valence-corrected chi connectivity index (χ4v) is 3.68. The summed E-state index contributed by atoms with van der Waals surface area (Å²) in [5.74, 6) is -0.102. The molecule has 1 N–H and O–H groups in total. The van der Waals surface area contributed by atoms with Gasteiger partial charge in [-0.15, -0.1) is 0 Å². The average molecular weight is 441 g/mol. The molecule has 32 heavy (non-hydrogen) atoms. The predicted octanol–water partition coefficient (Wildman–Crippen LogP) is 3.17. The van der Waals surface area contributed by atoms with Crippen LogP contribution < -0.4 is 14.2 Å². The molecule has 8 heteroatoms. The van der Waals surface area contributed by atoms with Crippen LogP contribution in [0.1, 0.15) is 24.1 Å². The molecule has 0 bridgehead atoms. The van der Waals surface area contributed by atoms with E-state index in [0.29, 0.717) is 35.0 Å². The number of amides is 1. The van der Waals surface area contributed by atoms with E-state index in [1.54, 1.807) is 42.5 Å². The number of carbonyl (C=O) groups excluding carboxylic acids is 2. The Morgan fingerprint density at radius 1 is 1.00 bits per heavy atom. The van der Waals surface area contributed by atoms with E-state index in [9.17, 15) is 14.7 Å². The molecule has 0 aromatic heterocycles. The molecule has 1 fully saturated rings. The van der Waals surface area contributed by atoms with Crippen LogP contribution in [-0.2, 0) is 14.3 Å². The van der Waals surface area contributed by atoms with Gasteiger partial charge in [0.15, 0.2) is 11.5 Å². The van der Waals surface area contributed by atoms with Crippen molar-refractivity contribution in [1.82, 2.24) is 4.90 Å². The second-order valence-electron chi connectivity index (χ2n) is 7.06. The number of ketones is 1. The van der Waals surface area contributed by atoms with Crippen LogP contribution >= 0.6 is 0 Å². The van der Waals surface area contributed by atoms with Gasteiger partial charge in [0.2, 0.25) is 0 Å². The van der Waals surface area contributed by atoms with E-state index in [1.165, 1.54) is 26.2 Å². The number of hydrogen-bond acceptors (Lipinski definition) is 7. The molecule has 1 amide bonds. The van der Waals surface area contributed by atoms with Gasteiger partial charge < -0.3 is 29.0 Å². The number of aliphatic hydroxyl groups is 1.